The fourth-order valence-corrected chi connectivity index (χ4v) is 3.78. The number of benzene rings is 1. The molecule has 144 valence electrons. The van der Waals surface area contributed by atoms with Gasteiger partial charge in [-0.2, -0.15) is 0 Å². The van der Waals surface area contributed by atoms with Crippen LogP contribution in [0.5, 0.6) is 0 Å². The zero-order valence-corrected chi connectivity index (χ0v) is 15.6. The lowest BCUT2D eigenvalue weighted by Gasteiger charge is -2.30. The number of nitrogens with zero attached hydrogens (tertiary/aromatic N) is 5. The number of rotatable bonds is 4. The lowest BCUT2D eigenvalue weighted by atomic mass is 9.93. The summed E-state index contributed by atoms with van der Waals surface area (Å²) in [6, 6.07) is 7.76. The summed E-state index contributed by atoms with van der Waals surface area (Å²) in [5, 5.41) is 19.3. The first kappa shape index (κ1) is 18.1. The Morgan fingerprint density at radius 3 is 2.75 bits per heavy atom. The summed E-state index contributed by atoms with van der Waals surface area (Å²) < 4.78 is 1.69. The molecule has 0 atom stereocenters. The second-order valence-electron chi connectivity index (χ2n) is 7.14. The minimum Gasteiger partial charge on any atom is -0.481 e. The Morgan fingerprint density at radius 1 is 1.21 bits per heavy atom. The molecule has 1 aromatic carbocycles. The lowest BCUT2D eigenvalue weighted by Crippen LogP contribution is -2.39. The van der Waals surface area contributed by atoms with Gasteiger partial charge in [-0.1, -0.05) is 17.3 Å². The number of amides is 1. The highest BCUT2D eigenvalue weighted by Crippen LogP contribution is 2.25. The third-order valence-corrected chi connectivity index (χ3v) is 5.35. The molecule has 1 aliphatic rings. The smallest absolute Gasteiger partial charge is 0.303 e. The van der Waals surface area contributed by atoms with Crippen LogP contribution in [0.2, 0.25) is 0 Å². The molecule has 8 nitrogen and oxygen atoms in total. The van der Waals surface area contributed by atoms with Crippen LogP contribution in [-0.2, 0) is 4.79 Å². The van der Waals surface area contributed by atoms with E-state index >= 15 is 0 Å². The predicted molar refractivity (Wildman–Crippen MR) is 102 cm³/mol. The van der Waals surface area contributed by atoms with Crippen LogP contribution >= 0.6 is 0 Å². The molecule has 8 heteroatoms. The van der Waals surface area contributed by atoms with Gasteiger partial charge in [-0.15, -0.1) is 5.10 Å². The second kappa shape index (κ2) is 7.38. The lowest BCUT2D eigenvalue weighted by molar-refractivity contribution is -0.138. The topological polar surface area (TPSA) is 101 Å². The molecule has 1 saturated heterocycles. The van der Waals surface area contributed by atoms with Crippen molar-refractivity contribution in [3.8, 4) is 5.69 Å². The zero-order valence-electron chi connectivity index (χ0n) is 15.6. The molecule has 0 aliphatic carbocycles. The summed E-state index contributed by atoms with van der Waals surface area (Å²) in [5.41, 5.74) is 1.87. The van der Waals surface area contributed by atoms with E-state index in [1.165, 1.54) is 0 Å². The van der Waals surface area contributed by atoms with Gasteiger partial charge in [0.2, 0.25) is 0 Å². The quantitative estimate of drug-likeness (QED) is 0.747. The van der Waals surface area contributed by atoms with E-state index in [4.69, 9.17) is 5.11 Å². The van der Waals surface area contributed by atoms with Crippen molar-refractivity contribution in [2.24, 2.45) is 5.92 Å². The van der Waals surface area contributed by atoms with E-state index in [0.717, 1.165) is 16.5 Å². The number of carbonyl (C=O) groups excluding carboxylic acids is 1. The average molecular weight is 379 g/mol. The summed E-state index contributed by atoms with van der Waals surface area (Å²) in [5.74, 6) is -0.809. The van der Waals surface area contributed by atoms with Crippen LogP contribution in [0.1, 0.15) is 35.4 Å². The predicted octanol–water partition coefficient (Wildman–Crippen LogP) is 2.45. The molecule has 0 radical (unpaired) electrons. The number of piperidine rings is 1. The van der Waals surface area contributed by atoms with Gasteiger partial charge in [-0.05, 0) is 37.8 Å². The van der Waals surface area contributed by atoms with Crippen molar-refractivity contribution in [2.75, 3.05) is 13.1 Å². The first-order chi connectivity index (χ1) is 13.5. The Bertz CT molecular complexity index is 1030. The maximum absolute atomic E-state index is 12.9. The molecule has 3 heterocycles. The first-order valence-electron chi connectivity index (χ1n) is 9.31. The number of hydrogen-bond acceptors (Lipinski definition) is 5. The molecule has 0 unspecified atom stereocenters. The first-order valence-corrected chi connectivity index (χ1v) is 9.31. The van der Waals surface area contributed by atoms with Crippen LogP contribution in [0, 0.1) is 12.8 Å². The Kier molecular flexibility index (Phi) is 4.77. The third kappa shape index (κ3) is 3.33. The molecule has 2 aromatic heterocycles. The monoisotopic (exact) mass is 379 g/mol. The van der Waals surface area contributed by atoms with Crippen molar-refractivity contribution >= 4 is 22.6 Å². The summed E-state index contributed by atoms with van der Waals surface area (Å²) in [6.45, 7) is 2.93. The molecule has 0 saturated carbocycles. The van der Waals surface area contributed by atoms with Gasteiger partial charge in [0, 0.05) is 42.7 Å². The van der Waals surface area contributed by atoms with E-state index in [1.54, 1.807) is 22.0 Å². The molecule has 28 heavy (non-hydrogen) atoms. The van der Waals surface area contributed by atoms with Crippen LogP contribution < -0.4 is 0 Å². The summed E-state index contributed by atoms with van der Waals surface area (Å²) in [6.07, 6.45) is 5.07. The van der Waals surface area contributed by atoms with Crippen LogP contribution in [-0.4, -0.2) is 55.0 Å². The van der Waals surface area contributed by atoms with Crippen molar-refractivity contribution in [1.82, 2.24) is 24.9 Å². The molecule has 0 spiro atoms. The largest absolute Gasteiger partial charge is 0.481 e. The highest BCUT2D eigenvalue weighted by atomic mass is 16.4. The Balaban J connectivity index is 1.57. The highest BCUT2D eigenvalue weighted by molar-refractivity contribution is 5.94. The van der Waals surface area contributed by atoms with E-state index in [-0.39, 0.29) is 18.2 Å². The van der Waals surface area contributed by atoms with E-state index in [0.29, 0.717) is 37.3 Å². The van der Waals surface area contributed by atoms with Crippen molar-refractivity contribution < 1.29 is 14.7 Å². The molecule has 1 amide bonds. The fraction of sp³-hybridized carbons (Fsp3) is 0.350. The molecule has 1 aliphatic heterocycles. The van der Waals surface area contributed by atoms with Gasteiger partial charge in [0.25, 0.3) is 5.91 Å². The van der Waals surface area contributed by atoms with Crippen molar-refractivity contribution in [3.63, 3.8) is 0 Å². The highest BCUT2D eigenvalue weighted by Gasteiger charge is 2.28. The number of fused-ring (bicyclic) bond motifs is 1. The van der Waals surface area contributed by atoms with Crippen molar-refractivity contribution in [1.29, 1.82) is 0 Å². The SMILES string of the molecule is Cc1c(C(=O)N2CCC(CC(=O)O)CC2)nnn1-c1cccc2cnccc12. The van der Waals surface area contributed by atoms with E-state index in [2.05, 4.69) is 15.3 Å². The minimum atomic E-state index is -0.783. The van der Waals surface area contributed by atoms with Gasteiger partial charge in [-0.3, -0.25) is 14.6 Å². The normalized spacial score (nSPS) is 15.1. The Hall–Kier alpha value is -3.29. The van der Waals surface area contributed by atoms with Crippen LogP contribution in [0.3, 0.4) is 0 Å². The van der Waals surface area contributed by atoms with Crippen molar-refractivity contribution in [3.05, 3.63) is 48.0 Å². The molecular weight excluding hydrogens is 358 g/mol. The Morgan fingerprint density at radius 2 is 2.00 bits per heavy atom. The molecule has 3 aromatic rings. The zero-order chi connectivity index (χ0) is 19.7. The number of aromatic nitrogens is 4. The van der Waals surface area contributed by atoms with Crippen LogP contribution in [0.25, 0.3) is 16.5 Å². The number of carbonyl (C=O) groups is 2. The number of carboxylic acids is 1. The number of likely N-dealkylation sites (tertiary alicyclic amines) is 1. The summed E-state index contributed by atoms with van der Waals surface area (Å²) in [4.78, 5) is 29.7. The van der Waals surface area contributed by atoms with Gasteiger partial charge in [0.05, 0.1) is 11.4 Å². The van der Waals surface area contributed by atoms with E-state index < -0.39 is 5.97 Å². The van der Waals surface area contributed by atoms with Crippen molar-refractivity contribution in [2.45, 2.75) is 26.2 Å². The number of pyridine rings is 1. The van der Waals surface area contributed by atoms with Gasteiger partial charge in [0.15, 0.2) is 5.69 Å². The summed E-state index contributed by atoms with van der Waals surface area (Å²) in [7, 11) is 0. The maximum atomic E-state index is 12.9. The second-order valence-corrected chi connectivity index (χ2v) is 7.14. The van der Waals surface area contributed by atoms with Gasteiger partial charge < -0.3 is 10.0 Å². The molecule has 4 rings (SSSR count). The van der Waals surface area contributed by atoms with Gasteiger partial charge in [0.1, 0.15) is 0 Å². The maximum Gasteiger partial charge on any atom is 0.303 e. The van der Waals surface area contributed by atoms with E-state index in [1.807, 2.05) is 31.2 Å². The molecular formula is C20H21N5O3. The minimum absolute atomic E-state index is 0.127. The summed E-state index contributed by atoms with van der Waals surface area (Å²) >= 11 is 0. The molecule has 1 fully saturated rings. The standard InChI is InChI=1S/C20H21N5O3/c1-13-19(20(28)24-9-6-14(7-10-24)11-18(26)27)22-23-25(13)17-4-2-3-15-12-21-8-5-16(15)17/h2-5,8,12,14H,6-7,9-11H2,1H3,(H,26,27). The van der Waals surface area contributed by atoms with Crippen LogP contribution in [0.4, 0.5) is 0 Å². The van der Waals surface area contributed by atoms with Crippen LogP contribution in [0.15, 0.2) is 36.7 Å². The molecule has 1 N–H and O–H groups in total. The fourth-order valence-electron chi connectivity index (χ4n) is 3.78. The third-order valence-electron chi connectivity index (χ3n) is 5.35. The molecule has 0 bridgehead atoms. The van der Waals surface area contributed by atoms with Gasteiger partial charge in [-0.25, -0.2) is 4.68 Å². The van der Waals surface area contributed by atoms with Gasteiger partial charge >= 0.3 is 5.97 Å². The van der Waals surface area contributed by atoms with E-state index in [9.17, 15) is 9.59 Å². The number of hydrogen-bond donors (Lipinski definition) is 1. The Labute approximate surface area is 161 Å². The number of aliphatic carboxylic acids is 1. The average Bonchev–Trinajstić information content (AvgIpc) is 3.08. The number of carboxylic acid groups (broad SMARTS) is 1.